The van der Waals surface area contributed by atoms with E-state index in [1.165, 1.54) is 0 Å². The maximum Gasteiger partial charge on any atom is 0.138 e. The number of thiophene rings is 1. The van der Waals surface area contributed by atoms with Crippen LogP contribution < -0.4 is 5.73 Å². The van der Waals surface area contributed by atoms with Gasteiger partial charge in [-0.05, 0) is 31.7 Å². The molecule has 2 heterocycles. The molecule has 98 valence electrons. The van der Waals surface area contributed by atoms with E-state index >= 15 is 0 Å². The highest BCUT2D eigenvalue weighted by atomic mass is 35.5. The van der Waals surface area contributed by atoms with Crippen molar-refractivity contribution < 1.29 is 0 Å². The summed E-state index contributed by atoms with van der Waals surface area (Å²) < 4.78 is 1.90. The lowest BCUT2D eigenvalue weighted by Crippen LogP contribution is -2.17. The summed E-state index contributed by atoms with van der Waals surface area (Å²) in [6, 6.07) is 0.160. The molecule has 0 radical (unpaired) electrons. The van der Waals surface area contributed by atoms with Gasteiger partial charge in [0.15, 0.2) is 0 Å². The van der Waals surface area contributed by atoms with Gasteiger partial charge in [-0.3, -0.25) is 0 Å². The van der Waals surface area contributed by atoms with Crippen molar-refractivity contribution in [1.29, 1.82) is 0 Å². The predicted molar refractivity (Wildman–Crippen MR) is 75.1 cm³/mol. The minimum absolute atomic E-state index is 0.127. The summed E-state index contributed by atoms with van der Waals surface area (Å²) in [7, 11) is 0. The van der Waals surface area contributed by atoms with E-state index in [9.17, 15) is 0 Å². The zero-order valence-corrected chi connectivity index (χ0v) is 12.3. The summed E-state index contributed by atoms with van der Waals surface area (Å²) in [5, 5.41) is 7.02. The molecular formula is C12H17ClN4S. The van der Waals surface area contributed by atoms with Crippen LogP contribution in [0.1, 0.15) is 42.2 Å². The summed E-state index contributed by atoms with van der Waals surface area (Å²) in [6.07, 6.45) is 2.22. The second-order valence-corrected chi connectivity index (χ2v) is 5.91. The van der Waals surface area contributed by atoms with Crippen LogP contribution in [-0.4, -0.2) is 14.8 Å². The predicted octanol–water partition coefficient (Wildman–Crippen LogP) is 3.12. The Kier molecular flexibility index (Phi) is 4.04. The van der Waals surface area contributed by atoms with E-state index in [2.05, 4.69) is 23.9 Å². The van der Waals surface area contributed by atoms with E-state index in [0.29, 0.717) is 6.42 Å². The van der Waals surface area contributed by atoms with Crippen molar-refractivity contribution in [3.05, 3.63) is 33.0 Å². The maximum absolute atomic E-state index is 6.23. The largest absolute Gasteiger partial charge is 0.323 e. The Balaban J connectivity index is 2.19. The summed E-state index contributed by atoms with van der Waals surface area (Å²) in [6.45, 7) is 6.14. The van der Waals surface area contributed by atoms with Gasteiger partial charge in [0.25, 0.3) is 0 Å². The lowest BCUT2D eigenvalue weighted by Gasteiger charge is -2.13. The molecule has 1 unspecified atom stereocenters. The Morgan fingerprint density at radius 1 is 1.50 bits per heavy atom. The quantitative estimate of drug-likeness (QED) is 0.938. The molecule has 1 atom stereocenters. The average molecular weight is 285 g/mol. The van der Waals surface area contributed by atoms with Crippen LogP contribution in [0.25, 0.3) is 0 Å². The fourth-order valence-corrected chi connectivity index (χ4v) is 3.18. The van der Waals surface area contributed by atoms with Crippen molar-refractivity contribution in [3.8, 4) is 0 Å². The zero-order valence-electron chi connectivity index (χ0n) is 10.7. The summed E-state index contributed by atoms with van der Waals surface area (Å²) in [4.78, 5) is 5.29. The molecule has 0 saturated heterocycles. The topological polar surface area (TPSA) is 56.7 Å². The van der Waals surface area contributed by atoms with E-state index in [4.69, 9.17) is 17.3 Å². The second kappa shape index (κ2) is 5.38. The first-order valence-electron chi connectivity index (χ1n) is 5.88. The standard InChI is InChI=1S/C12H17ClN4S/c1-7(2)17-10(15-6-16-17)4-9(14)12-11(13)8(3)5-18-12/h5-7,9H,4,14H2,1-3H3. The minimum atomic E-state index is -0.127. The fourth-order valence-electron chi connectivity index (χ4n) is 1.84. The molecule has 0 amide bonds. The van der Waals surface area contributed by atoms with Crippen LogP contribution in [0.3, 0.4) is 0 Å². The summed E-state index contributed by atoms with van der Waals surface area (Å²) in [5.41, 5.74) is 7.30. The maximum atomic E-state index is 6.23. The number of hydrogen-bond acceptors (Lipinski definition) is 4. The van der Waals surface area contributed by atoms with Crippen LogP contribution in [0.2, 0.25) is 5.02 Å². The molecule has 2 aromatic rings. The third-order valence-corrected chi connectivity index (χ3v) is 4.65. The third-order valence-electron chi connectivity index (χ3n) is 2.80. The lowest BCUT2D eigenvalue weighted by molar-refractivity contribution is 0.494. The number of halogens is 1. The molecule has 6 heteroatoms. The van der Waals surface area contributed by atoms with Crippen molar-refractivity contribution in [2.75, 3.05) is 0 Å². The molecule has 18 heavy (non-hydrogen) atoms. The molecule has 0 aliphatic heterocycles. The first-order valence-corrected chi connectivity index (χ1v) is 7.14. The monoisotopic (exact) mass is 284 g/mol. The van der Waals surface area contributed by atoms with Crippen LogP contribution >= 0.6 is 22.9 Å². The van der Waals surface area contributed by atoms with E-state index < -0.39 is 0 Å². The molecule has 0 saturated carbocycles. The third kappa shape index (κ3) is 2.58. The number of nitrogens with zero attached hydrogens (tertiary/aromatic N) is 3. The number of hydrogen-bond donors (Lipinski definition) is 1. The zero-order chi connectivity index (χ0) is 13.3. The molecule has 2 N–H and O–H groups in total. The van der Waals surface area contributed by atoms with Crippen LogP contribution in [0, 0.1) is 6.92 Å². The molecule has 0 aliphatic carbocycles. The first-order chi connectivity index (χ1) is 8.50. The van der Waals surface area contributed by atoms with Gasteiger partial charge < -0.3 is 5.73 Å². The van der Waals surface area contributed by atoms with Crippen LogP contribution in [0.5, 0.6) is 0 Å². The van der Waals surface area contributed by atoms with E-state index in [1.54, 1.807) is 17.7 Å². The van der Waals surface area contributed by atoms with Crippen LogP contribution in [0.4, 0.5) is 0 Å². The van der Waals surface area contributed by atoms with Crippen LogP contribution in [0.15, 0.2) is 11.7 Å². The van der Waals surface area contributed by atoms with Gasteiger partial charge in [-0.2, -0.15) is 5.10 Å². The van der Waals surface area contributed by atoms with E-state index in [1.807, 2.05) is 17.0 Å². The van der Waals surface area contributed by atoms with Crippen molar-refractivity contribution in [2.24, 2.45) is 5.73 Å². The highest BCUT2D eigenvalue weighted by molar-refractivity contribution is 7.10. The molecule has 0 aliphatic rings. The lowest BCUT2D eigenvalue weighted by atomic mass is 10.1. The normalized spacial score (nSPS) is 13.2. The van der Waals surface area contributed by atoms with Gasteiger partial charge in [0, 0.05) is 23.4 Å². The first kappa shape index (κ1) is 13.5. The molecule has 2 aromatic heterocycles. The van der Waals surface area contributed by atoms with Crippen molar-refractivity contribution in [3.63, 3.8) is 0 Å². The number of aromatic nitrogens is 3. The Morgan fingerprint density at radius 2 is 2.22 bits per heavy atom. The summed E-state index contributed by atoms with van der Waals surface area (Å²) >= 11 is 7.84. The van der Waals surface area contributed by atoms with Crippen molar-refractivity contribution >= 4 is 22.9 Å². The molecular weight excluding hydrogens is 268 g/mol. The Hall–Kier alpha value is -0.910. The van der Waals surface area contributed by atoms with E-state index in [0.717, 1.165) is 21.3 Å². The van der Waals surface area contributed by atoms with Gasteiger partial charge in [0.1, 0.15) is 12.2 Å². The second-order valence-electron chi connectivity index (χ2n) is 4.62. The van der Waals surface area contributed by atoms with Crippen LogP contribution in [-0.2, 0) is 6.42 Å². The Labute approximate surface area is 116 Å². The Bertz CT molecular complexity index is 532. The van der Waals surface area contributed by atoms with Crippen molar-refractivity contribution in [1.82, 2.24) is 14.8 Å². The van der Waals surface area contributed by atoms with Gasteiger partial charge in [-0.25, -0.2) is 9.67 Å². The fraction of sp³-hybridized carbons (Fsp3) is 0.500. The molecule has 0 fully saturated rings. The number of rotatable bonds is 4. The highest BCUT2D eigenvalue weighted by Gasteiger charge is 2.18. The van der Waals surface area contributed by atoms with Gasteiger partial charge in [0.2, 0.25) is 0 Å². The average Bonchev–Trinajstić information content (AvgIpc) is 2.88. The van der Waals surface area contributed by atoms with E-state index in [-0.39, 0.29) is 12.1 Å². The Morgan fingerprint density at radius 3 is 2.78 bits per heavy atom. The SMILES string of the molecule is Cc1csc(C(N)Cc2ncnn2C(C)C)c1Cl. The van der Waals surface area contributed by atoms with Crippen molar-refractivity contribution in [2.45, 2.75) is 39.3 Å². The molecule has 0 spiro atoms. The smallest absolute Gasteiger partial charge is 0.138 e. The minimum Gasteiger partial charge on any atom is -0.323 e. The molecule has 0 bridgehead atoms. The van der Waals surface area contributed by atoms with Gasteiger partial charge >= 0.3 is 0 Å². The molecule has 0 aromatic carbocycles. The van der Waals surface area contributed by atoms with Gasteiger partial charge in [-0.15, -0.1) is 11.3 Å². The number of nitrogens with two attached hydrogens (primary N) is 1. The summed E-state index contributed by atoms with van der Waals surface area (Å²) in [5.74, 6) is 0.902. The van der Waals surface area contributed by atoms with Gasteiger partial charge in [0.05, 0.1) is 5.02 Å². The number of aryl methyl sites for hydroxylation is 1. The molecule has 2 rings (SSSR count). The van der Waals surface area contributed by atoms with Gasteiger partial charge in [-0.1, -0.05) is 11.6 Å². The molecule has 4 nitrogen and oxygen atoms in total. The highest BCUT2D eigenvalue weighted by Crippen LogP contribution is 2.32.